The summed E-state index contributed by atoms with van der Waals surface area (Å²) >= 11 is 0. The summed E-state index contributed by atoms with van der Waals surface area (Å²) in [5.74, 6) is 0.708. The minimum Gasteiger partial charge on any atom is -0.457 e. The second-order valence-electron chi connectivity index (χ2n) is 10.2. The van der Waals surface area contributed by atoms with Crippen LogP contribution in [0.3, 0.4) is 0 Å². The van der Waals surface area contributed by atoms with E-state index in [1.54, 1.807) is 41.9 Å². The molecule has 4 aromatic rings. The number of carbonyl (C=O) groups is 2. The third-order valence-corrected chi connectivity index (χ3v) is 6.82. The minimum absolute atomic E-state index is 0. The van der Waals surface area contributed by atoms with Crippen molar-refractivity contribution in [2.45, 2.75) is 32.4 Å². The molecule has 0 unspecified atom stereocenters. The molecule has 0 aliphatic carbocycles. The van der Waals surface area contributed by atoms with Crippen molar-refractivity contribution in [3.05, 3.63) is 59.8 Å². The number of carbonyl (C=O) groups excluding carboxylic acids is 2. The SMILES string of the molecule is CC(=O)Nc1cc(Oc2ccc3nc(Nc4cc5c(c(C(F)(F)F)c4)C(C)(C)C(=O)N5CCO)n(C)c3c2)ccn1.I. The van der Waals surface area contributed by atoms with Crippen LogP contribution in [0.25, 0.3) is 11.0 Å². The summed E-state index contributed by atoms with van der Waals surface area (Å²) in [6.07, 6.45) is -3.23. The standard InChI is InChI=1S/C28H27F3N6O4.HI/c1-15(39)33-23-14-18(7-8-32-23)41-17-5-6-20-21(13-17)36(4)26(35-20)34-16-11-19(28(29,30)31)24-22(12-16)37(9-10-38)25(40)27(24,2)3;/h5-8,11-14,38H,9-10H2,1-4H3,(H,34,35)(H,32,33,39);1H. The number of alkyl halides is 3. The number of benzene rings is 2. The molecule has 1 aliphatic heterocycles. The summed E-state index contributed by atoms with van der Waals surface area (Å²) in [7, 11) is 1.70. The number of ether oxygens (including phenoxy) is 1. The van der Waals surface area contributed by atoms with Crippen LogP contribution < -0.4 is 20.3 Å². The first-order chi connectivity index (χ1) is 19.3. The van der Waals surface area contributed by atoms with Gasteiger partial charge in [0.05, 0.1) is 34.3 Å². The number of β-amino-alcohol motifs (C(OH)–C–C–N with tert-alkyl or cyclic N) is 1. The minimum atomic E-state index is -4.72. The van der Waals surface area contributed by atoms with Crippen molar-refractivity contribution in [1.29, 1.82) is 0 Å². The van der Waals surface area contributed by atoms with E-state index in [1.165, 1.54) is 37.9 Å². The highest BCUT2D eigenvalue weighted by Crippen LogP contribution is 2.49. The molecule has 3 heterocycles. The van der Waals surface area contributed by atoms with E-state index >= 15 is 0 Å². The highest BCUT2D eigenvalue weighted by atomic mass is 127. The van der Waals surface area contributed by atoms with Crippen molar-refractivity contribution in [2.24, 2.45) is 7.05 Å². The van der Waals surface area contributed by atoms with E-state index in [-0.39, 0.29) is 59.3 Å². The van der Waals surface area contributed by atoms with Crippen molar-refractivity contribution in [3.63, 3.8) is 0 Å². The lowest BCUT2D eigenvalue weighted by Gasteiger charge is -2.21. The van der Waals surface area contributed by atoms with Gasteiger partial charge in [0.1, 0.15) is 17.3 Å². The molecule has 2 aromatic carbocycles. The Morgan fingerprint density at radius 3 is 2.50 bits per heavy atom. The first-order valence-electron chi connectivity index (χ1n) is 12.6. The molecule has 42 heavy (non-hydrogen) atoms. The third kappa shape index (κ3) is 5.72. The second-order valence-corrected chi connectivity index (χ2v) is 10.2. The van der Waals surface area contributed by atoms with Gasteiger partial charge in [-0.05, 0) is 44.2 Å². The van der Waals surface area contributed by atoms with Gasteiger partial charge in [-0.3, -0.25) is 9.59 Å². The Labute approximate surface area is 255 Å². The van der Waals surface area contributed by atoms with Crippen LogP contribution in [0.1, 0.15) is 31.9 Å². The number of pyridine rings is 1. The lowest BCUT2D eigenvalue weighted by molar-refractivity contribution is -0.138. The fourth-order valence-electron chi connectivity index (χ4n) is 5.00. The van der Waals surface area contributed by atoms with Gasteiger partial charge in [0.15, 0.2) is 0 Å². The summed E-state index contributed by atoms with van der Waals surface area (Å²) in [5, 5.41) is 15.0. The molecule has 14 heteroatoms. The number of aliphatic hydroxyl groups is 1. The van der Waals surface area contributed by atoms with Crippen LogP contribution in [-0.2, 0) is 28.2 Å². The smallest absolute Gasteiger partial charge is 0.416 e. The predicted molar refractivity (Wildman–Crippen MR) is 162 cm³/mol. The number of nitrogens with one attached hydrogen (secondary N) is 2. The quantitative estimate of drug-likeness (QED) is 0.212. The van der Waals surface area contributed by atoms with Gasteiger partial charge in [0.25, 0.3) is 0 Å². The van der Waals surface area contributed by atoms with E-state index in [9.17, 15) is 27.9 Å². The van der Waals surface area contributed by atoms with Gasteiger partial charge in [-0.25, -0.2) is 9.97 Å². The molecular weight excluding hydrogens is 668 g/mol. The lowest BCUT2D eigenvalue weighted by Crippen LogP contribution is -2.38. The van der Waals surface area contributed by atoms with Crippen molar-refractivity contribution in [2.75, 3.05) is 28.7 Å². The van der Waals surface area contributed by atoms with Crippen LogP contribution in [0.5, 0.6) is 11.5 Å². The molecule has 1 aliphatic rings. The first kappa shape index (κ1) is 31.0. The number of hydrogen-bond donors (Lipinski definition) is 3. The molecule has 0 spiro atoms. The van der Waals surface area contributed by atoms with Gasteiger partial charge in [0, 0.05) is 50.1 Å². The lowest BCUT2D eigenvalue weighted by atomic mass is 9.82. The van der Waals surface area contributed by atoms with Crippen LogP contribution in [0.4, 0.5) is 36.3 Å². The summed E-state index contributed by atoms with van der Waals surface area (Å²) in [6.45, 7) is 3.74. The Morgan fingerprint density at radius 2 is 1.83 bits per heavy atom. The van der Waals surface area contributed by atoms with Crippen LogP contribution in [0.2, 0.25) is 0 Å². The number of imidazole rings is 1. The molecule has 0 bridgehead atoms. The van der Waals surface area contributed by atoms with E-state index in [4.69, 9.17) is 4.74 Å². The van der Waals surface area contributed by atoms with Crippen LogP contribution >= 0.6 is 24.0 Å². The number of halogens is 4. The highest BCUT2D eigenvalue weighted by molar-refractivity contribution is 14.0. The molecule has 2 aromatic heterocycles. The Balaban J connectivity index is 0.00000405. The van der Waals surface area contributed by atoms with Gasteiger partial charge in [-0.15, -0.1) is 24.0 Å². The molecule has 0 radical (unpaired) electrons. The monoisotopic (exact) mass is 696 g/mol. The molecule has 0 saturated heterocycles. The van der Waals surface area contributed by atoms with Gasteiger partial charge in [-0.2, -0.15) is 13.2 Å². The third-order valence-electron chi connectivity index (χ3n) is 6.82. The van der Waals surface area contributed by atoms with Crippen LogP contribution in [-0.4, -0.2) is 44.6 Å². The van der Waals surface area contributed by atoms with E-state index < -0.39 is 29.7 Å². The topological polar surface area (TPSA) is 122 Å². The highest BCUT2D eigenvalue weighted by Gasteiger charge is 2.50. The van der Waals surface area contributed by atoms with Gasteiger partial charge in [0.2, 0.25) is 17.8 Å². The van der Waals surface area contributed by atoms with Crippen molar-refractivity contribution >= 4 is 70.0 Å². The summed E-state index contributed by atoms with van der Waals surface area (Å²) in [5.41, 5.74) is -1.10. The van der Waals surface area contributed by atoms with Gasteiger partial charge >= 0.3 is 6.18 Å². The summed E-state index contributed by atoms with van der Waals surface area (Å²) < 4.78 is 50.3. The fourth-order valence-corrected chi connectivity index (χ4v) is 5.00. The van der Waals surface area contributed by atoms with Gasteiger partial charge < -0.3 is 29.9 Å². The van der Waals surface area contributed by atoms with Crippen molar-refractivity contribution in [3.8, 4) is 11.5 Å². The maximum absolute atomic E-state index is 14.2. The first-order valence-corrected chi connectivity index (χ1v) is 12.6. The maximum Gasteiger partial charge on any atom is 0.416 e. The molecule has 2 amide bonds. The molecule has 0 fully saturated rings. The van der Waals surface area contributed by atoms with Crippen LogP contribution in [0.15, 0.2) is 48.7 Å². The molecule has 3 N–H and O–H groups in total. The van der Waals surface area contributed by atoms with Gasteiger partial charge in [-0.1, -0.05) is 0 Å². The molecule has 5 rings (SSSR count). The average molecular weight is 696 g/mol. The zero-order valence-corrected chi connectivity index (χ0v) is 25.4. The number of aryl methyl sites for hydroxylation is 1. The average Bonchev–Trinajstić information content (AvgIpc) is 3.29. The molecular formula is C28H28F3IN6O4. The Kier molecular flexibility index (Phi) is 8.42. The molecule has 222 valence electrons. The Hall–Kier alpha value is -3.92. The van der Waals surface area contributed by atoms with E-state index in [1.807, 2.05) is 0 Å². The number of aromatic nitrogens is 3. The zero-order chi connectivity index (χ0) is 29.7. The fraction of sp³-hybridized carbons (Fsp3) is 0.286. The molecule has 0 saturated carbocycles. The summed E-state index contributed by atoms with van der Waals surface area (Å²) in [4.78, 5) is 34.1. The number of aliphatic hydroxyl groups excluding tert-OH is 1. The Morgan fingerprint density at radius 1 is 1.12 bits per heavy atom. The number of nitrogens with zero attached hydrogens (tertiary/aromatic N) is 4. The molecule has 0 atom stereocenters. The summed E-state index contributed by atoms with van der Waals surface area (Å²) in [6, 6.07) is 10.8. The normalized spacial score (nSPS) is 14.0. The predicted octanol–water partition coefficient (Wildman–Crippen LogP) is 5.72. The Bertz CT molecular complexity index is 1690. The van der Waals surface area contributed by atoms with E-state index in [0.717, 1.165) is 6.07 Å². The van der Waals surface area contributed by atoms with Crippen molar-refractivity contribution < 1.29 is 32.6 Å². The number of hydrogen-bond acceptors (Lipinski definition) is 7. The zero-order valence-electron chi connectivity index (χ0n) is 23.0. The maximum atomic E-state index is 14.2. The largest absolute Gasteiger partial charge is 0.457 e. The number of fused-ring (bicyclic) bond motifs is 2. The van der Waals surface area contributed by atoms with Crippen molar-refractivity contribution in [1.82, 2.24) is 14.5 Å². The number of anilines is 4. The van der Waals surface area contributed by atoms with E-state index in [2.05, 4.69) is 20.6 Å². The van der Waals surface area contributed by atoms with Crippen LogP contribution in [0, 0.1) is 0 Å². The second kappa shape index (κ2) is 11.4. The number of amides is 2. The number of rotatable bonds is 7. The molecule has 10 nitrogen and oxygen atoms in total. The van der Waals surface area contributed by atoms with E-state index in [0.29, 0.717) is 28.4 Å².